The zero-order chi connectivity index (χ0) is 27.1. The van der Waals surface area contributed by atoms with Gasteiger partial charge in [0.15, 0.2) is 11.5 Å². The van der Waals surface area contributed by atoms with E-state index < -0.39 is 11.7 Å². The highest BCUT2D eigenvalue weighted by Crippen LogP contribution is 2.31. The molecule has 10 nitrogen and oxygen atoms in total. The Morgan fingerprint density at radius 1 is 1.23 bits per heavy atom. The number of aryl methyl sites for hydroxylation is 1. The third-order valence-electron chi connectivity index (χ3n) is 7.16. The van der Waals surface area contributed by atoms with Gasteiger partial charge in [0.2, 0.25) is 0 Å². The molecule has 2 fully saturated rings. The quantitative estimate of drug-likeness (QED) is 0.386. The van der Waals surface area contributed by atoms with E-state index in [2.05, 4.69) is 44.3 Å². The summed E-state index contributed by atoms with van der Waals surface area (Å²) in [5.74, 6) is -0.928. The number of rotatable bonds is 6. The Balaban J connectivity index is 1.36. The second kappa shape index (κ2) is 10.4. The van der Waals surface area contributed by atoms with Crippen LogP contribution in [0.3, 0.4) is 0 Å². The summed E-state index contributed by atoms with van der Waals surface area (Å²) in [6, 6.07) is 5.76. The van der Waals surface area contributed by atoms with Crippen LogP contribution in [-0.4, -0.2) is 69.8 Å². The molecule has 0 radical (unpaired) electrons. The van der Waals surface area contributed by atoms with Crippen molar-refractivity contribution in [3.63, 3.8) is 0 Å². The molecule has 2 N–H and O–H groups in total. The SMILES string of the molecule is Cc1cn2cc(NC(=O)c3ccc(N4C[C@H](C)N[C@@H](C)C4)c4cnc(OC[C@H]5CCCO5)nc34)cc(F)c2n1. The Morgan fingerprint density at radius 3 is 2.82 bits per heavy atom. The van der Waals surface area contributed by atoms with E-state index >= 15 is 0 Å². The maximum atomic E-state index is 14.7. The number of imidazole rings is 1. The molecule has 39 heavy (non-hydrogen) atoms. The van der Waals surface area contributed by atoms with E-state index in [1.165, 1.54) is 6.07 Å². The van der Waals surface area contributed by atoms with E-state index in [0.717, 1.165) is 43.6 Å². The van der Waals surface area contributed by atoms with Crippen molar-refractivity contribution in [3.8, 4) is 6.01 Å². The van der Waals surface area contributed by atoms with Gasteiger partial charge in [0.1, 0.15) is 6.61 Å². The molecule has 1 amide bonds. The summed E-state index contributed by atoms with van der Waals surface area (Å²) in [5.41, 5.74) is 2.98. The topological polar surface area (TPSA) is 106 Å². The van der Waals surface area contributed by atoms with Gasteiger partial charge in [-0.3, -0.25) is 4.79 Å². The zero-order valence-electron chi connectivity index (χ0n) is 22.3. The molecule has 1 aromatic carbocycles. The molecular weight excluding hydrogens is 501 g/mol. The van der Waals surface area contributed by atoms with E-state index in [9.17, 15) is 9.18 Å². The third kappa shape index (κ3) is 5.24. The molecule has 0 saturated carbocycles. The molecule has 3 atom stereocenters. The molecule has 0 spiro atoms. The van der Waals surface area contributed by atoms with Crippen LogP contribution in [0.2, 0.25) is 0 Å². The molecule has 11 heteroatoms. The molecule has 5 heterocycles. The number of carbonyl (C=O) groups is 1. The number of benzene rings is 1. The highest BCUT2D eigenvalue weighted by Gasteiger charge is 2.25. The number of fused-ring (bicyclic) bond motifs is 2. The lowest BCUT2D eigenvalue weighted by Crippen LogP contribution is -2.54. The summed E-state index contributed by atoms with van der Waals surface area (Å²) in [4.78, 5) is 29.2. The fraction of sp³-hybridized carbons (Fsp3) is 0.429. The molecule has 2 aliphatic rings. The van der Waals surface area contributed by atoms with Crippen LogP contribution in [0.1, 0.15) is 42.7 Å². The summed E-state index contributed by atoms with van der Waals surface area (Å²) >= 11 is 0. The number of amides is 1. The molecule has 204 valence electrons. The fourth-order valence-corrected chi connectivity index (χ4v) is 5.53. The summed E-state index contributed by atoms with van der Waals surface area (Å²) in [6.07, 6.45) is 7.02. The van der Waals surface area contributed by atoms with E-state index in [-0.39, 0.29) is 17.8 Å². The predicted octanol–water partition coefficient (Wildman–Crippen LogP) is 3.72. The number of nitrogens with one attached hydrogen (secondary N) is 2. The van der Waals surface area contributed by atoms with Crippen LogP contribution in [0.25, 0.3) is 16.6 Å². The van der Waals surface area contributed by atoms with E-state index in [1.54, 1.807) is 36.0 Å². The van der Waals surface area contributed by atoms with Crippen LogP contribution < -0.4 is 20.3 Å². The predicted molar refractivity (Wildman–Crippen MR) is 146 cm³/mol. The maximum absolute atomic E-state index is 14.7. The molecule has 4 aromatic rings. The lowest BCUT2D eigenvalue weighted by atomic mass is 10.0. The molecule has 2 saturated heterocycles. The number of anilines is 2. The van der Waals surface area contributed by atoms with Crippen LogP contribution in [0.15, 0.2) is 36.8 Å². The van der Waals surface area contributed by atoms with Gasteiger partial charge in [0, 0.05) is 67.5 Å². The van der Waals surface area contributed by atoms with E-state index in [0.29, 0.717) is 41.2 Å². The summed E-state index contributed by atoms with van der Waals surface area (Å²) < 4.78 is 27.8. The Labute approximate surface area is 225 Å². The Morgan fingerprint density at radius 2 is 2.05 bits per heavy atom. The molecule has 0 aliphatic carbocycles. The van der Waals surface area contributed by atoms with Crippen LogP contribution in [0.4, 0.5) is 15.8 Å². The molecule has 0 bridgehead atoms. The summed E-state index contributed by atoms with van der Waals surface area (Å²) in [5, 5.41) is 7.13. The Bertz CT molecular complexity index is 1520. The number of piperazine rings is 1. The first-order valence-electron chi connectivity index (χ1n) is 13.4. The van der Waals surface area contributed by atoms with Crippen LogP contribution in [0.5, 0.6) is 6.01 Å². The first-order valence-corrected chi connectivity index (χ1v) is 13.4. The molecule has 0 unspecified atom stereocenters. The van der Waals surface area contributed by atoms with Crippen molar-refractivity contribution >= 4 is 33.8 Å². The van der Waals surface area contributed by atoms with Crippen LogP contribution >= 0.6 is 0 Å². The van der Waals surface area contributed by atoms with Gasteiger partial charge in [-0.05, 0) is 45.7 Å². The number of carbonyl (C=O) groups excluding carboxylic acids is 1. The van der Waals surface area contributed by atoms with Gasteiger partial charge in [0.25, 0.3) is 5.91 Å². The first-order chi connectivity index (χ1) is 18.8. The lowest BCUT2D eigenvalue weighted by Gasteiger charge is -2.38. The number of aromatic nitrogens is 4. The minimum atomic E-state index is -0.518. The Hall–Kier alpha value is -3.83. The van der Waals surface area contributed by atoms with Gasteiger partial charge >= 0.3 is 6.01 Å². The van der Waals surface area contributed by atoms with Crippen molar-refractivity contribution in [2.45, 2.75) is 51.8 Å². The minimum Gasteiger partial charge on any atom is -0.461 e. The monoisotopic (exact) mass is 533 g/mol. The average Bonchev–Trinajstić information content (AvgIpc) is 3.55. The van der Waals surface area contributed by atoms with Crippen LogP contribution in [0, 0.1) is 12.7 Å². The largest absolute Gasteiger partial charge is 0.461 e. The van der Waals surface area contributed by atoms with Crippen molar-refractivity contribution in [2.75, 3.05) is 36.5 Å². The normalized spacial score (nSPS) is 21.5. The van der Waals surface area contributed by atoms with Gasteiger partial charge in [-0.25, -0.2) is 14.4 Å². The Kier molecular flexibility index (Phi) is 6.78. The van der Waals surface area contributed by atoms with Gasteiger partial charge in [-0.1, -0.05) is 0 Å². The fourth-order valence-electron chi connectivity index (χ4n) is 5.53. The van der Waals surface area contributed by atoms with Gasteiger partial charge in [-0.2, -0.15) is 4.98 Å². The number of pyridine rings is 1. The average molecular weight is 534 g/mol. The van der Waals surface area contributed by atoms with Crippen molar-refractivity contribution < 1.29 is 18.7 Å². The van der Waals surface area contributed by atoms with Gasteiger partial charge < -0.3 is 29.4 Å². The summed E-state index contributed by atoms with van der Waals surface area (Å²) in [7, 11) is 0. The van der Waals surface area contributed by atoms with Crippen molar-refractivity contribution in [1.82, 2.24) is 24.7 Å². The highest BCUT2D eigenvalue weighted by atomic mass is 19.1. The third-order valence-corrected chi connectivity index (χ3v) is 7.16. The van der Waals surface area contributed by atoms with E-state index in [4.69, 9.17) is 9.47 Å². The number of nitrogens with zero attached hydrogens (tertiary/aromatic N) is 5. The minimum absolute atomic E-state index is 0.0128. The first kappa shape index (κ1) is 25.4. The lowest BCUT2D eigenvalue weighted by molar-refractivity contribution is 0.0646. The van der Waals surface area contributed by atoms with Crippen molar-refractivity contribution in [2.24, 2.45) is 0 Å². The summed E-state index contributed by atoms with van der Waals surface area (Å²) in [6.45, 7) is 8.79. The molecular formula is C28H32FN7O3. The number of halogens is 1. The van der Waals surface area contributed by atoms with Gasteiger partial charge in [0.05, 0.1) is 28.6 Å². The number of hydrogen-bond donors (Lipinski definition) is 2. The van der Waals surface area contributed by atoms with Crippen LogP contribution in [-0.2, 0) is 4.74 Å². The number of hydrogen-bond acceptors (Lipinski definition) is 8. The standard InChI is InChI=1S/C28H32FN7O3/c1-16-11-35(12-17(2)31-16)24-7-6-21(25-22(24)10-30-28(34-25)39-15-20-5-4-8-38-20)27(37)33-19-9-23(29)26-32-18(3)13-36(26)14-19/h6-7,9-10,13-14,16-17,20,31H,4-5,8,11-12,15H2,1-3H3,(H,33,37)/t16-,17-,20+/m0/s1. The maximum Gasteiger partial charge on any atom is 0.317 e. The second-order valence-electron chi connectivity index (χ2n) is 10.5. The van der Waals surface area contributed by atoms with Gasteiger partial charge in [-0.15, -0.1) is 0 Å². The smallest absolute Gasteiger partial charge is 0.317 e. The second-order valence-corrected chi connectivity index (χ2v) is 10.5. The molecule has 3 aromatic heterocycles. The van der Waals surface area contributed by atoms with Crippen molar-refractivity contribution in [1.29, 1.82) is 0 Å². The van der Waals surface area contributed by atoms with E-state index in [1.807, 2.05) is 6.07 Å². The molecule has 6 rings (SSSR count). The molecule has 2 aliphatic heterocycles. The number of ether oxygens (including phenoxy) is 2. The highest BCUT2D eigenvalue weighted by molar-refractivity contribution is 6.13. The zero-order valence-corrected chi connectivity index (χ0v) is 22.3. The van der Waals surface area contributed by atoms with Crippen molar-refractivity contribution in [3.05, 3.63) is 53.9 Å².